The van der Waals surface area contributed by atoms with E-state index in [1.807, 2.05) is 23.1 Å². The van der Waals surface area contributed by atoms with E-state index in [1.54, 1.807) is 13.2 Å². The Kier molecular flexibility index (Phi) is 4.62. The molecular formula is C17H24N4O3. The molecule has 0 bridgehead atoms. The van der Waals surface area contributed by atoms with Gasteiger partial charge < -0.3 is 20.3 Å². The maximum atomic E-state index is 12.6. The van der Waals surface area contributed by atoms with Gasteiger partial charge in [-0.2, -0.15) is 0 Å². The zero-order valence-electron chi connectivity index (χ0n) is 14.2. The van der Waals surface area contributed by atoms with Gasteiger partial charge in [0.15, 0.2) is 0 Å². The van der Waals surface area contributed by atoms with Gasteiger partial charge in [0.1, 0.15) is 5.75 Å². The highest BCUT2D eigenvalue weighted by Crippen LogP contribution is 2.30. The lowest BCUT2D eigenvalue weighted by Gasteiger charge is -2.43. The van der Waals surface area contributed by atoms with Crippen LogP contribution in [0.1, 0.15) is 13.3 Å². The summed E-state index contributed by atoms with van der Waals surface area (Å²) in [5, 5.41) is 5.87. The molecule has 7 nitrogen and oxygen atoms in total. The molecule has 24 heavy (non-hydrogen) atoms. The number of carbonyl (C=O) groups excluding carboxylic acids is 2. The van der Waals surface area contributed by atoms with Crippen LogP contribution in [0.15, 0.2) is 24.3 Å². The molecule has 0 radical (unpaired) electrons. The molecule has 130 valence electrons. The summed E-state index contributed by atoms with van der Waals surface area (Å²) >= 11 is 0. The summed E-state index contributed by atoms with van der Waals surface area (Å²) in [5.41, 5.74) is 0.568. The Bertz CT molecular complexity index is 636. The Morgan fingerprint density at radius 2 is 2.29 bits per heavy atom. The largest absolute Gasteiger partial charge is 0.497 e. The van der Waals surface area contributed by atoms with Crippen LogP contribution in [0, 0.1) is 0 Å². The van der Waals surface area contributed by atoms with Crippen LogP contribution >= 0.6 is 0 Å². The van der Waals surface area contributed by atoms with E-state index in [2.05, 4.69) is 22.5 Å². The van der Waals surface area contributed by atoms with E-state index in [0.717, 1.165) is 13.0 Å². The number of amides is 3. The molecule has 0 saturated carbocycles. The standard InChI is InChI=1S/C17H24N4O3/c1-3-21-10-15(22)18-11-17(21)7-8-20(12-17)16(23)19-13-5-4-6-14(9-13)24-2/h4-6,9H,3,7-8,10-12H2,1-2H3,(H,18,22)(H,19,23)/t17-/m1/s1. The third-order valence-corrected chi connectivity index (χ3v) is 4.94. The molecule has 2 fully saturated rings. The van der Waals surface area contributed by atoms with Crippen LogP contribution in [0.3, 0.4) is 0 Å². The molecular weight excluding hydrogens is 308 g/mol. The molecule has 2 aliphatic heterocycles. The zero-order chi connectivity index (χ0) is 17.2. The lowest BCUT2D eigenvalue weighted by atomic mass is 9.93. The first kappa shape index (κ1) is 16.6. The minimum Gasteiger partial charge on any atom is -0.497 e. The van der Waals surface area contributed by atoms with E-state index < -0.39 is 0 Å². The van der Waals surface area contributed by atoms with Gasteiger partial charge in [-0.15, -0.1) is 0 Å². The number of carbonyl (C=O) groups is 2. The van der Waals surface area contributed by atoms with Gasteiger partial charge in [-0.25, -0.2) is 4.79 Å². The number of hydrogen-bond donors (Lipinski definition) is 2. The van der Waals surface area contributed by atoms with Crippen molar-refractivity contribution in [2.75, 3.05) is 45.2 Å². The number of methoxy groups -OCH3 is 1. The second-order valence-electron chi connectivity index (χ2n) is 6.35. The highest BCUT2D eigenvalue weighted by Gasteiger charge is 2.46. The van der Waals surface area contributed by atoms with Crippen molar-refractivity contribution >= 4 is 17.6 Å². The van der Waals surface area contributed by atoms with Crippen LogP contribution in [0.25, 0.3) is 0 Å². The van der Waals surface area contributed by atoms with E-state index in [4.69, 9.17) is 4.74 Å². The highest BCUT2D eigenvalue weighted by atomic mass is 16.5. The molecule has 7 heteroatoms. The van der Waals surface area contributed by atoms with Gasteiger partial charge in [0, 0.05) is 31.4 Å². The molecule has 2 N–H and O–H groups in total. The Morgan fingerprint density at radius 3 is 3.04 bits per heavy atom. The van der Waals surface area contributed by atoms with Crippen molar-refractivity contribution in [2.24, 2.45) is 0 Å². The minimum atomic E-state index is -0.144. The Hall–Kier alpha value is -2.28. The summed E-state index contributed by atoms with van der Waals surface area (Å²) in [6.07, 6.45) is 0.868. The number of anilines is 1. The van der Waals surface area contributed by atoms with Crippen molar-refractivity contribution in [2.45, 2.75) is 18.9 Å². The van der Waals surface area contributed by atoms with Crippen molar-refractivity contribution < 1.29 is 14.3 Å². The maximum Gasteiger partial charge on any atom is 0.321 e. The molecule has 1 spiro atoms. The van der Waals surface area contributed by atoms with Crippen LogP contribution in [0.2, 0.25) is 0 Å². The first-order valence-corrected chi connectivity index (χ1v) is 8.28. The highest BCUT2D eigenvalue weighted by molar-refractivity contribution is 5.90. The zero-order valence-corrected chi connectivity index (χ0v) is 14.2. The number of likely N-dealkylation sites (tertiary alicyclic amines) is 1. The Morgan fingerprint density at radius 1 is 1.46 bits per heavy atom. The molecule has 0 unspecified atom stereocenters. The second kappa shape index (κ2) is 6.68. The van der Waals surface area contributed by atoms with Crippen molar-refractivity contribution in [3.63, 3.8) is 0 Å². The monoisotopic (exact) mass is 332 g/mol. The third-order valence-electron chi connectivity index (χ3n) is 4.94. The predicted octanol–water partition coefficient (Wildman–Crippen LogP) is 1.12. The summed E-state index contributed by atoms with van der Waals surface area (Å²) < 4.78 is 5.18. The van der Waals surface area contributed by atoms with Crippen molar-refractivity contribution in [1.82, 2.24) is 15.1 Å². The van der Waals surface area contributed by atoms with Gasteiger partial charge in [0.2, 0.25) is 5.91 Å². The van der Waals surface area contributed by atoms with E-state index in [0.29, 0.717) is 37.6 Å². The van der Waals surface area contributed by atoms with E-state index in [1.165, 1.54) is 0 Å². The second-order valence-corrected chi connectivity index (χ2v) is 6.35. The summed E-state index contributed by atoms with van der Waals surface area (Å²) in [6, 6.07) is 7.20. The van der Waals surface area contributed by atoms with Crippen LogP contribution < -0.4 is 15.4 Å². The first-order valence-electron chi connectivity index (χ1n) is 8.28. The van der Waals surface area contributed by atoms with Crippen molar-refractivity contribution in [3.05, 3.63) is 24.3 Å². The number of nitrogens with zero attached hydrogens (tertiary/aromatic N) is 2. The molecule has 2 aliphatic rings. The fourth-order valence-electron chi connectivity index (χ4n) is 3.55. The normalized spacial score (nSPS) is 24.1. The Balaban J connectivity index is 1.66. The van der Waals surface area contributed by atoms with E-state index in [-0.39, 0.29) is 17.5 Å². The molecule has 1 aromatic carbocycles. The van der Waals surface area contributed by atoms with Crippen molar-refractivity contribution in [1.29, 1.82) is 0 Å². The van der Waals surface area contributed by atoms with E-state index in [9.17, 15) is 9.59 Å². The lowest BCUT2D eigenvalue weighted by Crippen LogP contribution is -2.64. The topological polar surface area (TPSA) is 73.9 Å². The number of benzene rings is 1. The SMILES string of the molecule is CCN1CC(=O)NC[C@@]12CCN(C(=O)Nc1cccc(OC)c1)C2. The molecule has 3 amide bonds. The average Bonchev–Trinajstić information content (AvgIpc) is 3.02. The molecule has 1 aromatic rings. The number of hydrogen-bond acceptors (Lipinski definition) is 4. The smallest absolute Gasteiger partial charge is 0.321 e. The minimum absolute atomic E-state index is 0.0572. The Labute approximate surface area is 141 Å². The van der Waals surface area contributed by atoms with Gasteiger partial charge in [-0.1, -0.05) is 13.0 Å². The number of nitrogens with one attached hydrogen (secondary N) is 2. The fraction of sp³-hybridized carbons (Fsp3) is 0.529. The lowest BCUT2D eigenvalue weighted by molar-refractivity contribution is -0.128. The molecule has 0 aromatic heterocycles. The molecule has 1 atom stereocenters. The number of ether oxygens (including phenoxy) is 1. The quantitative estimate of drug-likeness (QED) is 0.870. The number of likely N-dealkylation sites (N-methyl/N-ethyl adjacent to an activating group) is 1. The first-order chi connectivity index (χ1) is 11.6. The number of piperazine rings is 1. The van der Waals surface area contributed by atoms with Crippen LogP contribution in [-0.4, -0.2) is 67.1 Å². The maximum absolute atomic E-state index is 12.6. The molecule has 0 aliphatic carbocycles. The number of urea groups is 1. The van der Waals surface area contributed by atoms with Crippen LogP contribution in [0.5, 0.6) is 5.75 Å². The molecule has 3 rings (SSSR count). The molecule has 2 heterocycles. The summed E-state index contributed by atoms with van der Waals surface area (Å²) in [6.45, 7) is 5.17. The third kappa shape index (κ3) is 3.17. The van der Waals surface area contributed by atoms with Gasteiger partial charge in [-0.3, -0.25) is 9.69 Å². The van der Waals surface area contributed by atoms with Crippen molar-refractivity contribution in [3.8, 4) is 5.75 Å². The van der Waals surface area contributed by atoms with Gasteiger partial charge in [0.05, 0.1) is 19.2 Å². The summed E-state index contributed by atoms with van der Waals surface area (Å²) in [4.78, 5) is 28.2. The summed E-state index contributed by atoms with van der Waals surface area (Å²) in [7, 11) is 1.60. The van der Waals surface area contributed by atoms with E-state index >= 15 is 0 Å². The van der Waals surface area contributed by atoms with Crippen LogP contribution in [-0.2, 0) is 4.79 Å². The van der Waals surface area contributed by atoms with Gasteiger partial charge >= 0.3 is 6.03 Å². The number of rotatable bonds is 3. The molecule has 2 saturated heterocycles. The average molecular weight is 332 g/mol. The van der Waals surface area contributed by atoms with Gasteiger partial charge in [0.25, 0.3) is 0 Å². The fourth-order valence-corrected chi connectivity index (χ4v) is 3.55. The predicted molar refractivity (Wildman–Crippen MR) is 91.2 cm³/mol. The van der Waals surface area contributed by atoms with Crippen LogP contribution in [0.4, 0.5) is 10.5 Å². The summed E-state index contributed by atoms with van der Waals surface area (Å²) in [5.74, 6) is 0.764. The van der Waals surface area contributed by atoms with Gasteiger partial charge in [-0.05, 0) is 25.1 Å².